The third kappa shape index (κ3) is 2.62. The van der Waals surface area contributed by atoms with Crippen molar-refractivity contribution in [3.63, 3.8) is 0 Å². The molecule has 0 radical (unpaired) electrons. The molecule has 1 fully saturated rings. The van der Waals surface area contributed by atoms with Crippen LogP contribution < -0.4 is 4.90 Å². The molecule has 3 nitrogen and oxygen atoms in total. The van der Waals surface area contributed by atoms with Crippen molar-refractivity contribution < 1.29 is 18.6 Å². The summed E-state index contributed by atoms with van der Waals surface area (Å²) >= 11 is 0. The first kappa shape index (κ1) is 13.2. The second-order valence-electron chi connectivity index (χ2n) is 4.62. The van der Waals surface area contributed by atoms with Gasteiger partial charge in [-0.1, -0.05) is 0 Å². The highest BCUT2D eigenvalue weighted by atomic mass is 19.1. The molecule has 1 N–H and O–H groups in total. The van der Waals surface area contributed by atoms with Crippen LogP contribution in [0.15, 0.2) is 12.1 Å². The molecular weight excluding hydrogens is 240 g/mol. The van der Waals surface area contributed by atoms with Gasteiger partial charge in [-0.3, -0.25) is 0 Å². The highest BCUT2D eigenvalue weighted by Gasteiger charge is 2.26. The van der Waals surface area contributed by atoms with E-state index in [9.17, 15) is 8.78 Å². The Hall–Kier alpha value is -1.20. The number of hydrogen-bond donors (Lipinski definition) is 1. The van der Waals surface area contributed by atoms with Crippen LogP contribution in [0, 0.1) is 17.6 Å². The van der Waals surface area contributed by atoms with Crippen LogP contribution in [0.1, 0.15) is 12.0 Å². The fourth-order valence-corrected chi connectivity index (χ4v) is 2.42. The first-order valence-electron chi connectivity index (χ1n) is 5.98. The topological polar surface area (TPSA) is 32.7 Å². The number of ether oxygens (including phenoxy) is 1. The van der Waals surface area contributed by atoms with Gasteiger partial charge in [0.1, 0.15) is 17.3 Å². The number of halogens is 2. The first-order chi connectivity index (χ1) is 8.65. The van der Waals surface area contributed by atoms with Crippen LogP contribution in [0.3, 0.4) is 0 Å². The fourth-order valence-electron chi connectivity index (χ4n) is 2.42. The minimum absolute atomic E-state index is 0.00537. The van der Waals surface area contributed by atoms with E-state index in [0.29, 0.717) is 25.6 Å². The minimum Gasteiger partial charge on any atom is -0.392 e. The van der Waals surface area contributed by atoms with E-state index in [4.69, 9.17) is 9.84 Å². The Kier molecular flexibility index (Phi) is 4.14. The molecule has 0 amide bonds. The Labute approximate surface area is 105 Å². The SMILES string of the molecule is COCC1CCN(c2c(F)cc(CO)cc2F)C1. The van der Waals surface area contributed by atoms with Gasteiger partial charge in [0, 0.05) is 26.1 Å². The molecule has 1 aromatic carbocycles. The second-order valence-corrected chi connectivity index (χ2v) is 4.62. The Bertz CT molecular complexity index is 402. The predicted molar refractivity (Wildman–Crippen MR) is 64.5 cm³/mol. The molecule has 1 atom stereocenters. The zero-order valence-corrected chi connectivity index (χ0v) is 10.3. The largest absolute Gasteiger partial charge is 0.392 e. The third-order valence-electron chi connectivity index (χ3n) is 3.26. The van der Waals surface area contributed by atoms with Gasteiger partial charge >= 0.3 is 0 Å². The lowest BCUT2D eigenvalue weighted by molar-refractivity contribution is 0.161. The minimum atomic E-state index is -0.614. The number of methoxy groups -OCH3 is 1. The average Bonchev–Trinajstić information content (AvgIpc) is 2.77. The van der Waals surface area contributed by atoms with Gasteiger partial charge in [-0.05, 0) is 24.1 Å². The van der Waals surface area contributed by atoms with E-state index >= 15 is 0 Å². The zero-order valence-electron chi connectivity index (χ0n) is 10.3. The van der Waals surface area contributed by atoms with Gasteiger partial charge in [0.25, 0.3) is 0 Å². The maximum absolute atomic E-state index is 13.8. The Morgan fingerprint density at radius 2 is 2.06 bits per heavy atom. The highest BCUT2D eigenvalue weighted by Crippen LogP contribution is 2.30. The maximum atomic E-state index is 13.8. The molecule has 1 aliphatic rings. The van der Waals surface area contributed by atoms with E-state index in [0.717, 1.165) is 6.42 Å². The average molecular weight is 257 g/mol. The van der Waals surface area contributed by atoms with Crippen molar-refractivity contribution in [1.29, 1.82) is 0 Å². The van der Waals surface area contributed by atoms with Crippen molar-refractivity contribution in [3.05, 3.63) is 29.3 Å². The summed E-state index contributed by atoms with van der Waals surface area (Å²) < 4.78 is 32.7. The lowest BCUT2D eigenvalue weighted by atomic mass is 10.1. The number of rotatable bonds is 4. The van der Waals surface area contributed by atoms with Gasteiger partial charge in [-0.25, -0.2) is 8.78 Å². The lowest BCUT2D eigenvalue weighted by Crippen LogP contribution is -2.23. The summed E-state index contributed by atoms with van der Waals surface area (Å²) in [6.45, 7) is 1.47. The van der Waals surface area contributed by atoms with Gasteiger partial charge in [0.2, 0.25) is 0 Å². The molecule has 0 bridgehead atoms. The summed E-state index contributed by atoms with van der Waals surface area (Å²) in [6, 6.07) is 2.37. The molecule has 0 aliphatic carbocycles. The monoisotopic (exact) mass is 257 g/mol. The molecule has 0 spiro atoms. The fraction of sp³-hybridized carbons (Fsp3) is 0.538. The number of anilines is 1. The molecule has 5 heteroatoms. The van der Waals surface area contributed by atoms with E-state index in [1.165, 1.54) is 12.1 Å². The van der Waals surface area contributed by atoms with Crippen LogP contribution in [0.5, 0.6) is 0 Å². The molecule has 1 saturated heterocycles. The smallest absolute Gasteiger partial charge is 0.149 e. The van der Waals surface area contributed by atoms with Crippen molar-refractivity contribution >= 4 is 5.69 Å². The third-order valence-corrected chi connectivity index (χ3v) is 3.26. The van der Waals surface area contributed by atoms with Crippen molar-refractivity contribution in [2.75, 3.05) is 31.7 Å². The van der Waals surface area contributed by atoms with Gasteiger partial charge in [-0.2, -0.15) is 0 Å². The quantitative estimate of drug-likeness (QED) is 0.894. The standard InChI is InChI=1S/C13H17F2NO2/c1-18-8-9-2-3-16(6-9)13-11(14)4-10(7-17)5-12(13)15/h4-5,9,17H,2-3,6-8H2,1H3. The number of benzene rings is 1. The van der Waals surface area contributed by atoms with Crippen LogP contribution in [0.25, 0.3) is 0 Å². The molecule has 1 aromatic rings. The number of aliphatic hydroxyl groups is 1. The summed E-state index contributed by atoms with van der Waals surface area (Å²) in [5.41, 5.74) is 0.257. The van der Waals surface area contributed by atoms with Crippen LogP contribution in [-0.2, 0) is 11.3 Å². The van der Waals surface area contributed by atoms with Gasteiger partial charge < -0.3 is 14.7 Å². The van der Waals surface area contributed by atoms with E-state index in [2.05, 4.69) is 0 Å². The van der Waals surface area contributed by atoms with E-state index in [1.54, 1.807) is 12.0 Å². The van der Waals surface area contributed by atoms with Gasteiger partial charge in [0.05, 0.1) is 13.2 Å². The van der Waals surface area contributed by atoms with Crippen molar-refractivity contribution in [2.45, 2.75) is 13.0 Å². The summed E-state index contributed by atoms with van der Waals surface area (Å²) in [5.74, 6) is -0.916. The van der Waals surface area contributed by atoms with E-state index < -0.39 is 11.6 Å². The van der Waals surface area contributed by atoms with Crippen molar-refractivity contribution in [1.82, 2.24) is 0 Å². The molecular formula is C13H17F2NO2. The summed E-state index contributed by atoms with van der Waals surface area (Å²) in [7, 11) is 1.62. The maximum Gasteiger partial charge on any atom is 0.149 e. The first-order valence-corrected chi connectivity index (χ1v) is 5.98. The molecule has 0 saturated carbocycles. The van der Waals surface area contributed by atoms with Crippen molar-refractivity contribution in [2.24, 2.45) is 5.92 Å². The molecule has 1 unspecified atom stereocenters. The lowest BCUT2D eigenvalue weighted by Gasteiger charge is -2.20. The predicted octanol–water partition coefficient (Wildman–Crippen LogP) is 1.93. The Morgan fingerprint density at radius 1 is 1.39 bits per heavy atom. The van der Waals surface area contributed by atoms with Crippen LogP contribution in [0.2, 0.25) is 0 Å². The van der Waals surface area contributed by atoms with E-state index in [-0.39, 0.29) is 17.9 Å². The van der Waals surface area contributed by atoms with Crippen LogP contribution in [0.4, 0.5) is 14.5 Å². The highest BCUT2D eigenvalue weighted by molar-refractivity contribution is 5.51. The van der Waals surface area contributed by atoms with Crippen molar-refractivity contribution in [3.8, 4) is 0 Å². The molecule has 1 aliphatic heterocycles. The molecule has 2 rings (SSSR count). The number of nitrogens with zero attached hydrogens (tertiary/aromatic N) is 1. The van der Waals surface area contributed by atoms with Crippen LogP contribution in [-0.4, -0.2) is 31.9 Å². The summed E-state index contributed by atoms with van der Waals surface area (Å²) in [5, 5.41) is 8.89. The van der Waals surface area contributed by atoms with Gasteiger partial charge in [0.15, 0.2) is 0 Å². The number of hydrogen-bond acceptors (Lipinski definition) is 3. The second kappa shape index (κ2) is 5.63. The van der Waals surface area contributed by atoms with Crippen LogP contribution >= 0.6 is 0 Å². The Balaban J connectivity index is 2.19. The molecule has 1 heterocycles. The summed E-state index contributed by atoms with van der Waals surface area (Å²) in [4.78, 5) is 1.70. The molecule has 18 heavy (non-hydrogen) atoms. The normalized spacial score (nSPS) is 19.6. The summed E-state index contributed by atoms with van der Waals surface area (Å²) in [6.07, 6.45) is 0.870. The molecule has 100 valence electrons. The zero-order chi connectivity index (χ0) is 13.1. The molecule has 0 aromatic heterocycles. The Morgan fingerprint density at radius 3 is 2.61 bits per heavy atom. The van der Waals surface area contributed by atoms with Gasteiger partial charge in [-0.15, -0.1) is 0 Å². The van der Waals surface area contributed by atoms with E-state index in [1.807, 2.05) is 0 Å². The number of aliphatic hydroxyl groups excluding tert-OH is 1.